The predicted molar refractivity (Wildman–Crippen MR) is 78.0 cm³/mol. The first-order valence-corrected chi connectivity index (χ1v) is 6.66. The maximum atomic E-state index is 13.3. The van der Waals surface area contributed by atoms with Gasteiger partial charge in [-0.1, -0.05) is 39.7 Å². The van der Waals surface area contributed by atoms with Crippen LogP contribution in [0.25, 0.3) is 0 Å². The van der Waals surface area contributed by atoms with E-state index >= 15 is 0 Å². The summed E-state index contributed by atoms with van der Waals surface area (Å²) in [5, 5.41) is -0.0150. The molecule has 0 saturated heterocycles. The second kappa shape index (κ2) is 5.72. The molecule has 0 unspecified atom stereocenters. The van der Waals surface area contributed by atoms with Gasteiger partial charge in [0.1, 0.15) is 5.82 Å². The zero-order chi connectivity index (χ0) is 14.0. The molecule has 2 nitrogen and oxygen atoms in total. The van der Waals surface area contributed by atoms with Crippen LogP contribution in [0.3, 0.4) is 0 Å². The number of carbonyl (C=O) groups is 1. The molecule has 0 spiro atoms. The number of benzene rings is 2. The molecule has 0 aliphatic heterocycles. The van der Waals surface area contributed by atoms with Gasteiger partial charge in [0.15, 0.2) is 5.78 Å². The molecule has 0 heterocycles. The quantitative estimate of drug-likeness (QED) is 0.669. The van der Waals surface area contributed by atoms with E-state index in [0.29, 0.717) is 16.8 Å². The first-order valence-electron chi connectivity index (χ1n) is 5.49. The van der Waals surface area contributed by atoms with Gasteiger partial charge >= 0.3 is 0 Å². The minimum Gasteiger partial charge on any atom is -0.399 e. The molecule has 2 aromatic carbocycles. The molecule has 0 radical (unpaired) electrons. The van der Waals surface area contributed by atoms with Crippen LogP contribution in [0.2, 0.25) is 5.02 Å². The van der Waals surface area contributed by atoms with E-state index in [9.17, 15) is 9.18 Å². The minimum absolute atomic E-state index is 0.0150. The number of nitrogen functional groups attached to an aromatic ring is 1. The second-order valence-corrected chi connectivity index (χ2v) is 5.38. The van der Waals surface area contributed by atoms with Gasteiger partial charge in [0.05, 0.1) is 5.02 Å². The Morgan fingerprint density at radius 2 is 2.05 bits per heavy atom. The number of nitrogens with two attached hydrogens (primary N) is 1. The van der Waals surface area contributed by atoms with Gasteiger partial charge in [-0.2, -0.15) is 0 Å². The molecule has 2 aromatic rings. The van der Waals surface area contributed by atoms with Crippen LogP contribution in [0, 0.1) is 5.82 Å². The van der Waals surface area contributed by atoms with Crippen molar-refractivity contribution in [1.29, 1.82) is 0 Å². The number of carbonyl (C=O) groups excluding carboxylic acids is 1. The van der Waals surface area contributed by atoms with Crippen molar-refractivity contribution in [3.63, 3.8) is 0 Å². The molecule has 5 heteroatoms. The van der Waals surface area contributed by atoms with Crippen molar-refractivity contribution in [3.8, 4) is 0 Å². The first kappa shape index (κ1) is 14.0. The molecule has 0 fully saturated rings. The van der Waals surface area contributed by atoms with Crippen molar-refractivity contribution < 1.29 is 9.18 Å². The summed E-state index contributed by atoms with van der Waals surface area (Å²) in [5.74, 6) is -0.693. The van der Waals surface area contributed by atoms with Crippen molar-refractivity contribution in [3.05, 3.63) is 62.8 Å². The Balaban J connectivity index is 2.28. The normalized spacial score (nSPS) is 10.5. The van der Waals surface area contributed by atoms with Gasteiger partial charge < -0.3 is 5.73 Å². The topological polar surface area (TPSA) is 43.1 Å². The van der Waals surface area contributed by atoms with Crippen molar-refractivity contribution in [2.75, 3.05) is 5.73 Å². The molecule has 0 aromatic heterocycles. The van der Waals surface area contributed by atoms with Crippen LogP contribution in [0.5, 0.6) is 0 Å². The van der Waals surface area contributed by atoms with E-state index in [1.165, 1.54) is 12.1 Å². The third-order valence-corrected chi connectivity index (χ3v) is 3.51. The molecule has 19 heavy (non-hydrogen) atoms. The summed E-state index contributed by atoms with van der Waals surface area (Å²) in [6.07, 6.45) is 0.0342. The third kappa shape index (κ3) is 3.33. The van der Waals surface area contributed by atoms with Gasteiger partial charge in [-0.25, -0.2) is 4.39 Å². The highest BCUT2D eigenvalue weighted by atomic mass is 79.9. The molecule has 2 N–H and O–H groups in total. The fourth-order valence-corrected chi connectivity index (χ4v) is 2.44. The van der Waals surface area contributed by atoms with E-state index in [-0.39, 0.29) is 17.2 Å². The van der Waals surface area contributed by atoms with Crippen LogP contribution in [0.4, 0.5) is 10.1 Å². The summed E-state index contributed by atoms with van der Waals surface area (Å²) >= 11 is 9.10. The third-order valence-electron chi connectivity index (χ3n) is 2.62. The number of ketones is 1. The van der Waals surface area contributed by atoms with Crippen molar-refractivity contribution in [2.24, 2.45) is 0 Å². The van der Waals surface area contributed by atoms with E-state index in [1.54, 1.807) is 24.3 Å². The van der Waals surface area contributed by atoms with Crippen LogP contribution in [0.1, 0.15) is 15.9 Å². The molecule has 0 atom stereocenters. The van der Waals surface area contributed by atoms with Crippen molar-refractivity contribution >= 4 is 39.0 Å². The maximum absolute atomic E-state index is 13.3. The van der Waals surface area contributed by atoms with E-state index < -0.39 is 5.82 Å². The van der Waals surface area contributed by atoms with Gasteiger partial charge in [0.2, 0.25) is 0 Å². The number of rotatable bonds is 3. The zero-order valence-electron chi connectivity index (χ0n) is 9.79. The highest BCUT2D eigenvalue weighted by Crippen LogP contribution is 2.23. The second-order valence-electron chi connectivity index (χ2n) is 4.09. The summed E-state index contributed by atoms with van der Waals surface area (Å²) in [4.78, 5) is 12.1. The van der Waals surface area contributed by atoms with E-state index in [1.807, 2.05) is 0 Å². The van der Waals surface area contributed by atoms with Gasteiger partial charge in [0.25, 0.3) is 0 Å². The van der Waals surface area contributed by atoms with Crippen molar-refractivity contribution in [2.45, 2.75) is 6.42 Å². The largest absolute Gasteiger partial charge is 0.399 e. The molecule has 0 aliphatic carbocycles. The van der Waals surface area contributed by atoms with Gasteiger partial charge in [-0.05, 0) is 29.8 Å². The SMILES string of the molecule is Nc1cc(Br)cc(C(=O)Cc2cccc(F)c2Cl)c1. The minimum atomic E-state index is -0.527. The average Bonchev–Trinajstić information content (AvgIpc) is 2.33. The maximum Gasteiger partial charge on any atom is 0.167 e. The Morgan fingerprint density at radius 1 is 1.32 bits per heavy atom. The fourth-order valence-electron chi connectivity index (χ4n) is 1.73. The molecule has 0 aliphatic rings. The summed E-state index contributed by atoms with van der Waals surface area (Å²) < 4.78 is 14.0. The van der Waals surface area contributed by atoms with E-state index in [0.717, 1.165) is 4.47 Å². The smallest absolute Gasteiger partial charge is 0.167 e. The molecule has 2 rings (SSSR count). The lowest BCUT2D eigenvalue weighted by Crippen LogP contribution is -2.05. The number of hydrogen-bond donors (Lipinski definition) is 1. The van der Waals surface area contributed by atoms with Gasteiger partial charge in [-0.15, -0.1) is 0 Å². The lowest BCUT2D eigenvalue weighted by atomic mass is 10.0. The Morgan fingerprint density at radius 3 is 2.74 bits per heavy atom. The van der Waals surface area contributed by atoms with E-state index in [2.05, 4.69) is 15.9 Å². The first-order chi connectivity index (χ1) is 8.97. The Labute approximate surface area is 123 Å². The summed E-state index contributed by atoms with van der Waals surface area (Å²) in [5.41, 5.74) is 7.09. The monoisotopic (exact) mass is 341 g/mol. The van der Waals surface area contributed by atoms with Crippen LogP contribution in [-0.2, 0) is 6.42 Å². The summed E-state index contributed by atoms with van der Waals surface area (Å²) in [6.45, 7) is 0. The summed E-state index contributed by atoms with van der Waals surface area (Å²) in [7, 11) is 0. The van der Waals surface area contributed by atoms with Crippen LogP contribution < -0.4 is 5.73 Å². The summed E-state index contributed by atoms with van der Waals surface area (Å²) in [6, 6.07) is 9.37. The Kier molecular flexibility index (Phi) is 4.22. The van der Waals surface area contributed by atoms with Crippen molar-refractivity contribution in [1.82, 2.24) is 0 Å². The average molecular weight is 343 g/mol. The van der Waals surface area contributed by atoms with Gasteiger partial charge in [0, 0.05) is 22.1 Å². The highest BCUT2D eigenvalue weighted by Gasteiger charge is 2.12. The molecule has 0 amide bonds. The van der Waals surface area contributed by atoms with Crippen LogP contribution >= 0.6 is 27.5 Å². The predicted octanol–water partition coefficient (Wildman–Crippen LogP) is 4.25. The Bertz CT molecular complexity index is 625. The lowest BCUT2D eigenvalue weighted by Gasteiger charge is -2.06. The molecular formula is C14H10BrClFNO. The van der Waals surface area contributed by atoms with Crippen LogP contribution in [-0.4, -0.2) is 5.78 Å². The van der Waals surface area contributed by atoms with Crippen LogP contribution in [0.15, 0.2) is 40.9 Å². The number of halogens is 3. The number of hydrogen-bond acceptors (Lipinski definition) is 2. The zero-order valence-corrected chi connectivity index (χ0v) is 12.1. The number of anilines is 1. The lowest BCUT2D eigenvalue weighted by molar-refractivity contribution is 0.0993. The van der Waals surface area contributed by atoms with E-state index in [4.69, 9.17) is 17.3 Å². The van der Waals surface area contributed by atoms with Gasteiger partial charge in [-0.3, -0.25) is 4.79 Å². The molecule has 98 valence electrons. The molecular weight excluding hydrogens is 333 g/mol. The molecule has 0 bridgehead atoms. The fraction of sp³-hybridized carbons (Fsp3) is 0.0714. The Hall–Kier alpha value is -1.39. The highest BCUT2D eigenvalue weighted by molar-refractivity contribution is 9.10. The molecule has 0 saturated carbocycles. The standard InChI is InChI=1S/C14H10BrClFNO/c15-10-4-9(5-11(18)7-10)13(19)6-8-2-1-3-12(17)14(8)16/h1-5,7H,6,18H2. The number of Topliss-reactive ketones (excluding diaryl/α,β-unsaturated/α-hetero) is 1.